The lowest BCUT2D eigenvalue weighted by Crippen LogP contribution is -2.20. The molecule has 2 aromatic carbocycles. The average Bonchev–Trinajstić information content (AvgIpc) is 3.22. The van der Waals surface area contributed by atoms with E-state index in [9.17, 15) is 4.79 Å². The van der Waals surface area contributed by atoms with Crippen molar-refractivity contribution in [3.8, 4) is 11.5 Å². The van der Waals surface area contributed by atoms with E-state index >= 15 is 0 Å². The molecule has 1 aromatic heterocycles. The van der Waals surface area contributed by atoms with Gasteiger partial charge in [-0.2, -0.15) is 0 Å². The molecule has 5 heteroatoms. The minimum Gasteiger partial charge on any atom is -0.497 e. The van der Waals surface area contributed by atoms with E-state index in [0.717, 1.165) is 11.3 Å². The summed E-state index contributed by atoms with van der Waals surface area (Å²) < 4.78 is 13.0. The van der Waals surface area contributed by atoms with Crippen LogP contribution in [0.4, 0.5) is 5.69 Å². The van der Waals surface area contributed by atoms with Crippen LogP contribution >= 0.6 is 0 Å². The summed E-state index contributed by atoms with van der Waals surface area (Å²) in [6.45, 7) is 2.46. The molecule has 140 valence electrons. The number of nitrogens with one attached hydrogen (secondary N) is 1. The van der Waals surface area contributed by atoms with Gasteiger partial charge >= 0.3 is 0 Å². The number of aromatic nitrogens is 1. The van der Waals surface area contributed by atoms with E-state index in [-0.39, 0.29) is 11.9 Å². The highest BCUT2D eigenvalue weighted by atomic mass is 16.5. The molecule has 0 aliphatic carbocycles. The lowest BCUT2D eigenvalue weighted by Gasteiger charge is -2.20. The van der Waals surface area contributed by atoms with Gasteiger partial charge < -0.3 is 19.4 Å². The fourth-order valence-corrected chi connectivity index (χ4v) is 3.03. The summed E-state index contributed by atoms with van der Waals surface area (Å²) in [6.07, 6.45) is 4.22. The molecule has 0 spiro atoms. The summed E-state index contributed by atoms with van der Waals surface area (Å²) in [6, 6.07) is 19.1. The van der Waals surface area contributed by atoms with E-state index in [2.05, 4.69) is 5.32 Å². The fraction of sp³-hybridized carbons (Fsp3) is 0.227. The second-order valence-corrected chi connectivity index (χ2v) is 6.10. The Balaban J connectivity index is 1.81. The number of carbonyl (C=O) groups is 1. The van der Waals surface area contributed by atoms with Crippen LogP contribution in [0.3, 0.4) is 0 Å². The van der Waals surface area contributed by atoms with E-state index in [4.69, 9.17) is 9.47 Å². The van der Waals surface area contributed by atoms with Gasteiger partial charge in [0.1, 0.15) is 11.5 Å². The molecule has 3 aromatic rings. The normalized spacial score (nSPS) is 11.6. The monoisotopic (exact) mass is 364 g/mol. The molecule has 0 fully saturated rings. The van der Waals surface area contributed by atoms with Crippen molar-refractivity contribution in [2.75, 3.05) is 19.0 Å². The summed E-state index contributed by atoms with van der Waals surface area (Å²) in [4.78, 5) is 12.8. The van der Waals surface area contributed by atoms with Crippen molar-refractivity contribution < 1.29 is 14.3 Å². The molecule has 0 aliphatic heterocycles. The molecule has 0 radical (unpaired) electrons. The molecule has 1 heterocycles. The highest BCUT2D eigenvalue weighted by Gasteiger charge is 2.19. The van der Waals surface area contributed by atoms with Gasteiger partial charge in [-0.1, -0.05) is 24.3 Å². The molecule has 1 atom stereocenters. The van der Waals surface area contributed by atoms with Gasteiger partial charge in [0.2, 0.25) is 5.91 Å². The van der Waals surface area contributed by atoms with E-state index in [1.54, 1.807) is 7.11 Å². The maximum atomic E-state index is 12.8. The highest BCUT2D eigenvalue weighted by molar-refractivity contribution is 5.92. The van der Waals surface area contributed by atoms with Gasteiger partial charge in [0, 0.05) is 12.4 Å². The van der Waals surface area contributed by atoms with Gasteiger partial charge in [0.15, 0.2) is 0 Å². The SMILES string of the molecule is CCOc1ccccc1NC(=O)CC(c1cccc(OC)c1)n1cccc1. The third-order valence-electron chi connectivity index (χ3n) is 4.31. The third kappa shape index (κ3) is 4.70. The van der Waals surface area contributed by atoms with Gasteiger partial charge in [0.05, 0.1) is 31.9 Å². The molecule has 0 saturated heterocycles. The number of hydrogen-bond donors (Lipinski definition) is 1. The van der Waals surface area contributed by atoms with Crippen LogP contribution in [0.25, 0.3) is 0 Å². The number of nitrogens with zero attached hydrogens (tertiary/aromatic N) is 1. The first-order chi connectivity index (χ1) is 13.2. The smallest absolute Gasteiger partial charge is 0.226 e. The predicted molar refractivity (Wildman–Crippen MR) is 106 cm³/mol. The second-order valence-electron chi connectivity index (χ2n) is 6.10. The zero-order valence-electron chi connectivity index (χ0n) is 15.6. The number of rotatable bonds is 8. The van der Waals surface area contributed by atoms with Crippen LogP contribution < -0.4 is 14.8 Å². The minimum absolute atomic E-state index is 0.0799. The molecule has 1 amide bonds. The first kappa shape index (κ1) is 18.6. The number of amides is 1. The molecule has 5 nitrogen and oxygen atoms in total. The van der Waals surface area contributed by atoms with Crippen LogP contribution in [0.2, 0.25) is 0 Å². The molecule has 0 saturated carbocycles. The molecule has 3 rings (SSSR count). The predicted octanol–water partition coefficient (Wildman–Crippen LogP) is 4.51. The van der Waals surface area contributed by atoms with Crippen LogP contribution in [0.1, 0.15) is 24.9 Å². The summed E-state index contributed by atoms with van der Waals surface area (Å²) >= 11 is 0. The van der Waals surface area contributed by atoms with Gasteiger partial charge in [-0.15, -0.1) is 0 Å². The van der Waals surface area contributed by atoms with E-state index in [0.29, 0.717) is 24.5 Å². The van der Waals surface area contributed by atoms with Gasteiger partial charge in [-0.05, 0) is 48.9 Å². The van der Waals surface area contributed by atoms with E-state index < -0.39 is 0 Å². The number of carbonyl (C=O) groups excluding carboxylic acids is 1. The Bertz CT molecular complexity index is 875. The van der Waals surface area contributed by atoms with Crippen molar-refractivity contribution in [3.05, 3.63) is 78.6 Å². The summed E-state index contributed by atoms with van der Waals surface area (Å²) in [5, 5.41) is 2.98. The van der Waals surface area contributed by atoms with Crippen LogP contribution in [-0.4, -0.2) is 24.2 Å². The standard InChI is InChI=1S/C22H24N2O3/c1-3-27-21-12-5-4-11-19(21)23-22(25)16-20(24-13-6-7-14-24)17-9-8-10-18(15-17)26-2/h4-15,20H,3,16H2,1-2H3,(H,23,25). The lowest BCUT2D eigenvalue weighted by molar-refractivity contribution is -0.116. The van der Waals surface area contributed by atoms with Crippen molar-refractivity contribution in [1.82, 2.24) is 4.57 Å². The minimum atomic E-state index is -0.130. The Morgan fingerprint density at radius 1 is 1.07 bits per heavy atom. The number of para-hydroxylation sites is 2. The Hall–Kier alpha value is -3.21. The fourth-order valence-electron chi connectivity index (χ4n) is 3.03. The number of benzene rings is 2. The second kappa shape index (κ2) is 8.94. The highest BCUT2D eigenvalue weighted by Crippen LogP contribution is 2.28. The van der Waals surface area contributed by atoms with Gasteiger partial charge in [-0.25, -0.2) is 0 Å². The van der Waals surface area contributed by atoms with Crippen LogP contribution in [0.5, 0.6) is 11.5 Å². The maximum Gasteiger partial charge on any atom is 0.226 e. The Morgan fingerprint density at radius 2 is 1.85 bits per heavy atom. The number of hydrogen-bond acceptors (Lipinski definition) is 3. The summed E-state index contributed by atoms with van der Waals surface area (Å²) in [7, 11) is 1.64. The lowest BCUT2D eigenvalue weighted by atomic mass is 10.0. The summed E-state index contributed by atoms with van der Waals surface area (Å²) in [5.74, 6) is 1.36. The Kier molecular flexibility index (Phi) is 6.15. The molecule has 27 heavy (non-hydrogen) atoms. The first-order valence-corrected chi connectivity index (χ1v) is 8.99. The van der Waals surface area contributed by atoms with Gasteiger partial charge in [0.25, 0.3) is 0 Å². The van der Waals surface area contributed by atoms with Crippen molar-refractivity contribution >= 4 is 11.6 Å². The van der Waals surface area contributed by atoms with Gasteiger partial charge in [-0.3, -0.25) is 4.79 Å². The van der Waals surface area contributed by atoms with Crippen LogP contribution in [0.15, 0.2) is 73.1 Å². The average molecular weight is 364 g/mol. The van der Waals surface area contributed by atoms with E-state index in [1.807, 2.05) is 84.5 Å². The topological polar surface area (TPSA) is 52.5 Å². The molecule has 1 N–H and O–H groups in total. The van der Waals surface area contributed by atoms with Crippen molar-refractivity contribution in [1.29, 1.82) is 0 Å². The molecular formula is C22H24N2O3. The molecule has 1 unspecified atom stereocenters. The Labute approximate surface area is 159 Å². The zero-order chi connectivity index (χ0) is 19.1. The first-order valence-electron chi connectivity index (χ1n) is 8.99. The molecular weight excluding hydrogens is 340 g/mol. The van der Waals surface area contributed by atoms with Crippen molar-refractivity contribution in [2.24, 2.45) is 0 Å². The molecule has 0 aliphatic rings. The van der Waals surface area contributed by atoms with Crippen molar-refractivity contribution in [2.45, 2.75) is 19.4 Å². The maximum absolute atomic E-state index is 12.8. The largest absolute Gasteiger partial charge is 0.497 e. The number of methoxy groups -OCH3 is 1. The third-order valence-corrected chi connectivity index (χ3v) is 4.31. The zero-order valence-corrected chi connectivity index (χ0v) is 15.6. The van der Waals surface area contributed by atoms with Crippen molar-refractivity contribution in [3.63, 3.8) is 0 Å². The Morgan fingerprint density at radius 3 is 2.59 bits per heavy atom. The summed E-state index contributed by atoms with van der Waals surface area (Å²) in [5.41, 5.74) is 1.69. The quantitative estimate of drug-likeness (QED) is 0.640. The number of ether oxygens (including phenoxy) is 2. The number of anilines is 1. The van der Waals surface area contributed by atoms with Crippen LogP contribution in [0, 0.1) is 0 Å². The van der Waals surface area contributed by atoms with Crippen LogP contribution in [-0.2, 0) is 4.79 Å². The van der Waals surface area contributed by atoms with E-state index in [1.165, 1.54) is 0 Å². The molecule has 0 bridgehead atoms.